The summed E-state index contributed by atoms with van der Waals surface area (Å²) in [6.45, 7) is 2.45. The van der Waals surface area contributed by atoms with Crippen LogP contribution < -0.4 is 15.4 Å². The second kappa shape index (κ2) is 8.12. The summed E-state index contributed by atoms with van der Waals surface area (Å²) in [7, 11) is 0. The topological polar surface area (TPSA) is 105 Å². The number of hydrogen-bond acceptors (Lipinski definition) is 5. The van der Waals surface area contributed by atoms with Crippen molar-refractivity contribution in [2.24, 2.45) is 0 Å². The Kier molecular flexibility index (Phi) is 5.21. The first-order chi connectivity index (χ1) is 14.6. The van der Waals surface area contributed by atoms with Crippen LogP contribution in [-0.4, -0.2) is 33.4 Å². The van der Waals surface area contributed by atoms with Gasteiger partial charge in [0.2, 0.25) is 0 Å². The number of aliphatic carboxylic acids is 1. The predicted molar refractivity (Wildman–Crippen MR) is 112 cm³/mol. The first-order valence-electron chi connectivity index (χ1n) is 9.45. The predicted octanol–water partition coefficient (Wildman–Crippen LogP) is 3.52. The van der Waals surface area contributed by atoms with Crippen molar-refractivity contribution < 1.29 is 19.4 Å². The van der Waals surface area contributed by atoms with E-state index >= 15 is 0 Å². The van der Waals surface area contributed by atoms with Crippen LogP contribution in [0, 0.1) is 0 Å². The van der Waals surface area contributed by atoms with E-state index in [2.05, 4.69) is 15.7 Å². The Morgan fingerprint density at radius 1 is 1.17 bits per heavy atom. The normalized spacial score (nSPS) is 14.8. The summed E-state index contributed by atoms with van der Waals surface area (Å²) in [4.78, 5) is 24.5. The summed E-state index contributed by atoms with van der Waals surface area (Å²) in [5.41, 5.74) is 1.69. The summed E-state index contributed by atoms with van der Waals surface area (Å²) in [5.74, 6) is -0.471. The van der Waals surface area contributed by atoms with Gasteiger partial charge in [-0.2, -0.15) is 5.10 Å². The van der Waals surface area contributed by atoms with E-state index in [1.54, 1.807) is 35.0 Å². The number of nitrogens with zero attached hydrogens (tertiary/aromatic N) is 2. The Bertz CT molecular complexity index is 1100. The number of amides is 1. The quantitative estimate of drug-likeness (QED) is 0.581. The van der Waals surface area contributed by atoms with E-state index in [-0.39, 0.29) is 11.3 Å². The minimum absolute atomic E-state index is 0.00743. The van der Waals surface area contributed by atoms with Crippen LogP contribution >= 0.6 is 0 Å². The minimum atomic E-state index is -1.11. The number of nitrogens with one attached hydrogen (secondary N) is 2. The molecule has 1 atom stereocenters. The van der Waals surface area contributed by atoms with Gasteiger partial charge in [0.1, 0.15) is 22.8 Å². The number of anilines is 2. The number of fused-ring (bicyclic) bond motifs is 1. The van der Waals surface area contributed by atoms with Crippen molar-refractivity contribution in [2.75, 3.05) is 17.2 Å². The SMILES string of the molecule is CCOc1ccc(NC(=O)c2cnn3c2NC(C(=O)O)=CC3c2ccccc2)cc1. The molecule has 0 saturated heterocycles. The van der Waals surface area contributed by atoms with Crippen LogP contribution in [0.2, 0.25) is 0 Å². The van der Waals surface area contributed by atoms with Crippen LogP contribution in [0.25, 0.3) is 0 Å². The van der Waals surface area contributed by atoms with E-state index in [0.717, 1.165) is 5.56 Å². The molecule has 1 aliphatic heterocycles. The van der Waals surface area contributed by atoms with Gasteiger partial charge >= 0.3 is 5.97 Å². The Hall–Kier alpha value is -4.07. The molecule has 152 valence electrons. The van der Waals surface area contributed by atoms with Gasteiger partial charge < -0.3 is 20.5 Å². The Balaban J connectivity index is 1.64. The molecule has 8 heteroatoms. The van der Waals surface area contributed by atoms with Gasteiger partial charge in [-0.15, -0.1) is 0 Å². The van der Waals surface area contributed by atoms with Crippen LogP contribution in [-0.2, 0) is 4.79 Å². The second-order valence-corrected chi connectivity index (χ2v) is 6.63. The molecule has 1 aliphatic rings. The standard InChI is InChI=1S/C22H20N4O4/c1-2-30-16-10-8-15(9-11-16)24-21(27)17-13-23-26-19(14-6-4-3-5-7-14)12-18(22(28)29)25-20(17)26/h3-13,19,25H,2H2,1H3,(H,24,27)(H,28,29). The molecular formula is C22H20N4O4. The van der Waals surface area contributed by atoms with Crippen molar-refractivity contribution in [2.45, 2.75) is 13.0 Å². The maximum atomic E-state index is 12.9. The van der Waals surface area contributed by atoms with Gasteiger partial charge in [-0.3, -0.25) is 4.79 Å². The lowest BCUT2D eigenvalue weighted by Gasteiger charge is -2.24. The van der Waals surface area contributed by atoms with Crippen LogP contribution in [0.3, 0.4) is 0 Å². The van der Waals surface area contributed by atoms with E-state index in [4.69, 9.17) is 4.74 Å². The van der Waals surface area contributed by atoms with Crippen molar-refractivity contribution in [3.05, 3.63) is 83.7 Å². The third-order valence-electron chi connectivity index (χ3n) is 4.68. The molecule has 0 bridgehead atoms. The lowest BCUT2D eigenvalue weighted by Crippen LogP contribution is -2.25. The van der Waals surface area contributed by atoms with E-state index in [0.29, 0.717) is 23.9 Å². The fraction of sp³-hybridized carbons (Fsp3) is 0.136. The number of carbonyl (C=O) groups is 2. The molecule has 0 aliphatic carbocycles. The Morgan fingerprint density at radius 2 is 1.90 bits per heavy atom. The molecule has 30 heavy (non-hydrogen) atoms. The summed E-state index contributed by atoms with van der Waals surface area (Å²) < 4.78 is 7.01. The minimum Gasteiger partial charge on any atom is -0.494 e. The van der Waals surface area contributed by atoms with Crippen LogP contribution in [0.15, 0.2) is 72.6 Å². The molecule has 0 saturated carbocycles. The molecule has 1 aromatic heterocycles. The van der Waals surface area contributed by atoms with Gasteiger partial charge in [0.25, 0.3) is 5.91 Å². The number of benzene rings is 2. The van der Waals surface area contributed by atoms with Crippen LogP contribution in [0.5, 0.6) is 5.75 Å². The maximum absolute atomic E-state index is 12.9. The third-order valence-corrected chi connectivity index (χ3v) is 4.68. The molecule has 8 nitrogen and oxygen atoms in total. The summed E-state index contributed by atoms with van der Waals surface area (Å²) >= 11 is 0. The lowest BCUT2D eigenvalue weighted by molar-refractivity contribution is -0.132. The average molecular weight is 404 g/mol. The number of aromatic nitrogens is 2. The number of hydrogen-bond donors (Lipinski definition) is 3. The molecule has 4 rings (SSSR count). The number of ether oxygens (including phenoxy) is 1. The van der Waals surface area contributed by atoms with E-state index < -0.39 is 17.9 Å². The molecule has 0 radical (unpaired) electrons. The largest absolute Gasteiger partial charge is 0.494 e. The number of carbonyl (C=O) groups excluding carboxylic acids is 1. The molecule has 3 N–H and O–H groups in total. The average Bonchev–Trinajstić information content (AvgIpc) is 3.19. The molecular weight excluding hydrogens is 384 g/mol. The van der Waals surface area contributed by atoms with Gasteiger partial charge in [-0.1, -0.05) is 30.3 Å². The molecule has 2 aromatic carbocycles. The van der Waals surface area contributed by atoms with Crippen molar-refractivity contribution in [1.82, 2.24) is 9.78 Å². The van der Waals surface area contributed by atoms with Crippen LogP contribution in [0.4, 0.5) is 11.5 Å². The fourth-order valence-corrected chi connectivity index (χ4v) is 3.27. The lowest BCUT2D eigenvalue weighted by atomic mass is 10.0. The summed E-state index contributed by atoms with van der Waals surface area (Å²) in [6, 6.07) is 16.0. The van der Waals surface area contributed by atoms with Gasteiger partial charge in [0, 0.05) is 5.69 Å². The van der Waals surface area contributed by atoms with Crippen molar-refractivity contribution >= 4 is 23.4 Å². The highest BCUT2D eigenvalue weighted by atomic mass is 16.5. The number of allylic oxidation sites excluding steroid dienone is 1. The van der Waals surface area contributed by atoms with E-state index in [1.807, 2.05) is 37.3 Å². The zero-order valence-electron chi connectivity index (χ0n) is 16.2. The third kappa shape index (κ3) is 3.75. The highest BCUT2D eigenvalue weighted by Gasteiger charge is 2.29. The van der Waals surface area contributed by atoms with Crippen LogP contribution in [0.1, 0.15) is 28.9 Å². The van der Waals surface area contributed by atoms with E-state index in [1.165, 1.54) is 6.20 Å². The van der Waals surface area contributed by atoms with Crippen molar-refractivity contribution in [3.63, 3.8) is 0 Å². The van der Waals surface area contributed by atoms with Crippen molar-refractivity contribution in [1.29, 1.82) is 0 Å². The Labute approximate surface area is 172 Å². The highest BCUT2D eigenvalue weighted by Crippen LogP contribution is 2.32. The smallest absolute Gasteiger partial charge is 0.352 e. The molecule has 3 aromatic rings. The van der Waals surface area contributed by atoms with E-state index in [9.17, 15) is 14.7 Å². The molecule has 0 spiro atoms. The number of rotatable bonds is 6. The molecule has 1 unspecified atom stereocenters. The zero-order chi connectivity index (χ0) is 21.1. The van der Waals surface area contributed by atoms with Gasteiger partial charge in [-0.25, -0.2) is 9.48 Å². The second-order valence-electron chi connectivity index (χ2n) is 6.63. The van der Waals surface area contributed by atoms with Gasteiger partial charge in [-0.05, 0) is 42.8 Å². The monoisotopic (exact) mass is 404 g/mol. The maximum Gasteiger partial charge on any atom is 0.352 e. The van der Waals surface area contributed by atoms with Gasteiger partial charge in [0.15, 0.2) is 0 Å². The molecule has 1 amide bonds. The first kappa shape index (κ1) is 19.3. The van der Waals surface area contributed by atoms with Gasteiger partial charge in [0.05, 0.1) is 18.8 Å². The highest BCUT2D eigenvalue weighted by molar-refractivity contribution is 6.08. The summed E-state index contributed by atoms with van der Waals surface area (Å²) in [6.07, 6.45) is 3.01. The Morgan fingerprint density at radius 3 is 2.57 bits per heavy atom. The zero-order valence-corrected chi connectivity index (χ0v) is 16.2. The first-order valence-corrected chi connectivity index (χ1v) is 9.45. The van der Waals surface area contributed by atoms with Crippen molar-refractivity contribution in [3.8, 4) is 5.75 Å². The number of carboxylic acids is 1. The molecule has 0 fully saturated rings. The molecule has 2 heterocycles. The fourth-order valence-electron chi connectivity index (χ4n) is 3.27. The number of carboxylic acid groups (broad SMARTS) is 1. The summed E-state index contributed by atoms with van der Waals surface area (Å²) in [5, 5.41) is 19.5.